The van der Waals surface area contributed by atoms with Crippen molar-refractivity contribution in [2.75, 3.05) is 6.54 Å². The Labute approximate surface area is 73.4 Å². The van der Waals surface area contributed by atoms with Crippen molar-refractivity contribution in [1.82, 2.24) is 0 Å². The molecule has 5 heteroatoms. The van der Waals surface area contributed by atoms with Crippen molar-refractivity contribution in [3.8, 4) is 11.5 Å². The number of rotatable bonds is 2. The molecule has 0 saturated heterocycles. The molecule has 0 radical (unpaired) electrons. The summed E-state index contributed by atoms with van der Waals surface area (Å²) in [5, 5.41) is 18.0. The molecular weight excluding hydrogens is 180 g/mol. The first-order valence-electron chi connectivity index (χ1n) is 3.58. The summed E-state index contributed by atoms with van der Waals surface area (Å²) in [6.45, 7) is -0.913. The van der Waals surface area contributed by atoms with Gasteiger partial charge < -0.3 is 15.9 Å². The molecular formula is C8H9F2NO2. The van der Waals surface area contributed by atoms with Crippen LogP contribution >= 0.6 is 0 Å². The van der Waals surface area contributed by atoms with Crippen LogP contribution in [0.3, 0.4) is 0 Å². The lowest BCUT2D eigenvalue weighted by atomic mass is 10.1. The summed E-state index contributed by atoms with van der Waals surface area (Å²) in [6, 6.07) is 2.90. The van der Waals surface area contributed by atoms with E-state index in [1.54, 1.807) is 0 Å². The van der Waals surface area contributed by atoms with Gasteiger partial charge in [0.15, 0.2) is 0 Å². The van der Waals surface area contributed by atoms with Crippen LogP contribution in [0.1, 0.15) is 5.56 Å². The molecule has 0 aromatic heterocycles. The molecule has 0 saturated carbocycles. The van der Waals surface area contributed by atoms with Gasteiger partial charge in [0.25, 0.3) is 5.92 Å². The van der Waals surface area contributed by atoms with E-state index in [4.69, 9.17) is 15.9 Å². The Hall–Kier alpha value is -1.36. The van der Waals surface area contributed by atoms with Crippen molar-refractivity contribution in [2.24, 2.45) is 5.73 Å². The van der Waals surface area contributed by atoms with E-state index in [9.17, 15) is 8.78 Å². The maximum atomic E-state index is 12.9. The Kier molecular flexibility index (Phi) is 2.38. The van der Waals surface area contributed by atoms with E-state index in [0.29, 0.717) is 0 Å². The van der Waals surface area contributed by atoms with Crippen LogP contribution in [0.5, 0.6) is 11.5 Å². The maximum absolute atomic E-state index is 12.9. The van der Waals surface area contributed by atoms with Crippen LogP contribution in [-0.2, 0) is 5.92 Å². The first kappa shape index (κ1) is 9.73. The second-order valence-electron chi connectivity index (χ2n) is 2.61. The number of hydrogen-bond acceptors (Lipinski definition) is 3. The number of hydrogen-bond donors (Lipinski definition) is 3. The topological polar surface area (TPSA) is 66.5 Å². The Bertz CT molecular complexity index is 315. The number of aromatic hydroxyl groups is 2. The van der Waals surface area contributed by atoms with E-state index in [-0.39, 0.29) is 5.75 Å². The molecule has 72 valence electrons. The lowest BCUT2D eigenvalue weighted by Gasteiger charge is -2.15. The molecule has 0 aliphatic carbocycles. The maximum Gasteiger partial charge on any atom is 0.288 e. The van der Waals surface area contributed by atoms with Crippen molar-refractivity contribution in [3.05, 3.63) is 23.8 Å². The number of nitrogens with two attached hydrogens (primary N) is 1. The highest BCUT2D eigenvalue weighted by Crippen LogP contribution is 2.35. The Morgan fingerprint density at radius 2 is 1.92 bits per heavy atom. The van der Waals surface area contributed by atoms with Crippen LogP contribution in [0.25, 0.3) is 0 Å². The molecule has 3 nitrogen and oxygen atoms in total. The molecule has 0 aliphatic rings. The molecule has 0 bridgehead atoms. The van der Waals surface area contributed by atoms with Gasteiger partial charge in [0.05, 0.1) is 12.1 Å². The van der Waals surface area contributed by atoms with Crippen LogP contribution < -0.4 is 5.73 Å². The van der Waals surface area contributed by atoms with E-state index in [1.807, 2.05) is 0 Å². The third-order valence-electron chi connectivity index (χ3n) is 1.63. The standard InChI is InChI=1S/C8H9F2NO2/c9-8(10,4-11)6-3-5(12)1-2-7(6)13/h1-3,12-13H,4,11H2. The van der Waals surface area contributed by atoms with Gasteiger partial charge >= 0.3 is 0 Å². The number of phenolic OH excluding ortho intramolecular Hbond substituents is 2. The van der Waals surface area contributed by atoms with Crippen LogP contribution in [-0.4, -0.2) is 16.8 Å². The highest BCUT2D eigenvalue weighted by molar-refractivity contribution is 5.41. The molecule has 1 rings (SSSR count). The van der Waals surface area contributed by atoms with Gasteiger partial charge in [-0.2, -0.15) is 8.78 Å². The largest absolute Gasteiger partial charge is 0.508 e. The molecule has 0 aliphatic heterocycles. The third kappa shape index (κ3) is 1.86. The predicted molar refractivity (Wildman–Crippen MR) is 42.7 cm³/mol. The van der Waals surface area contributed by atoms with Crippen molar-refractivity contribution in [3.63, 3.8) is 0 Å². The number of phenols is 2. The lowest BCUT2D eigenvalue weighted by molar-refractivity contribution is 0.00356. The first-order chi connectivity index (χ1) is 5.97. The van der Waals surface area contributed by atoms with Gasteiger partial charge in [0.1, 0.15) is 11.5 Å². The molecule has 0 spiro atoms. The van der Waals surface area contributed by atoms with Crippen LogP contribution in [0.4, 0.5) is 8.78 Å². The van der Waals surface area contributed by atoms with Crippen molar-refractivity contribution in [1.29, 1.82) is 0 Å². The molecule has 0 unspecified atom stereocenters. The fraction of sp³-hybridized carbons (Fsp3) is 0.250. The SMILES string of the molecule is NCC(F)(F)c1cc(O)ccc1O. The minimum absolute atomic E-state index is 0.332. The predicted octanol–water partition coefficient (Wildman–Crippen LogP) is 1.15. The number of benzene rings is 1. The summed E-state index contributed by atoms with van der Waals surface area (Å²) in [6.07, 6.45) is 0. The average molecular weight is 189 g/mol. The smallest absolute Gasteiger partial charge is 0.288 e. The fourth-order valence-electron chi connectivity index (χ4n) is 0.927. The lowest BCUT2D eigenvalue weighted by Crippen LogP contribution is -2.25. The van der Waals surface area contributed by atoms with Gasteiger partial charge in [-0.05, 0) is 18.2 Å². The van der Waals surface area contributed by atoms with Gasteiger partial charge in [-0.3, -0.25) is 0 Å². The van der Waals surface area contributed by atoms with E-state index in [0.717, 1.165) is 18.2 Å². The van der Waals surface area contributed by atoms with Gasteiger partial charge in [-0.25, -0.2) is 0 Å². The van der Waals surface area contributed by atoms with Gasteiger partial charge in [0.2, 0.25) is 0 Å². The molecule has 0 fully saturated rings. The molecule has 13 heavy (non-hydrogen) atoms. The van der Waals surface area contributed by atoms with Crippen molar-refractivity contribution < 1.29 is 19.0 Å². The summed E-state index contributed by atoms with van der Waals surface area (Å²) in [4.78, 5) is 0. The Morgan fingerprint density at radius 1 is 1.31 bits per heavy atom. The van der Waals surface area contributed by atoms with Crippen molar-refractivity contribution >= 4 is 0 Å². The summed E-state index contributed by atoms with van der Waals surface area (Å²) < 4.78 is 25.9. The van der Waals surface area contributed by atoms with Crippen LogP contribution in [0.15, 0.2) is 18.2 Å². The second kappa shape index (κ2) is 3.18. The Morgan fingerprint density at radius 3 is 2.46 bits per heavy atom. The minimum atomic E-state index is -3.32. The Balaban J connectivity index is 3.20. The van der Waals surface area contributed by atoms with Gasteiger partial charge in [-0.15, -0.1) is 0 Å². The average Bonchev–Trinajstić information content (AvgIpc) is 2.09. The molecule has 0 heterocycles. The molecule has 1 aromatic carbocycles. The zero-order valence-corrected chi connectivity index (χ0v) is 6.67. The van der Waals surface area contributed by atoms with E-state index in [2.05, 4.69) is 0 Å². The second-order valence-corrected chi connectivity index (χ2v) is 2.61. The number of alkyl halides is 2. The normalized spacial score (nSPS) is 11.6. The first-order valence-corrected chi connectivity index (χ1v) is 3.58. The van der Waals surface area contributed by atoms with Crippen LogP contribution in [0, 0.1) is 0 Å². The zero-order valence-electron chi connectivity index (χ0n) is 6.67. The molecule has 1 aromatic rings. The summed E-state index contributed by atoms with van der Waals surface area (Å²) >= 11 is 0. The van der Waals surface area contributed by atoms with E-state index in [1.165, 1.54) is 0 Å². The molecule has 0 atom stereocenters. The van der Waals surface area contributed by atoms with E-state index < -0.39 is 23.8 Å². The summed E-state index contributed by atoms with van der Waals surface area (Å²) in [7, 11) is 0. The third-order valence-corrected chi connectivity index (χ3v) is 1.63. The monoisotopic (exact) mass is 189 g/mol. The molecule has 4 N–H and O–H groups in total. The summed E-state index contributed by atoms with van der Waals surface area (Å²) in [5.41, 5.74) is 4.16. The minimum Gasteiger partial charge on any atom is -0.508 e. The quantitative estimate of drug-likeness (QED) is 0.611. The fourth-order valence-corrected chi connectivity index (χ4v) is 0.927. The van der Waals surface area contributed by atoms with E-state index >= 15 is 0 Å². The van der Waals surface area contributed by atoms with Gasteiger partial charge in [-0.1, -0.05) is 0 Å². The van der Waals surface area contributed by atoms with Gasteiger partial charge in [0, 0.05) is 0 Å². The highest BCUT2D eigenvalue weighted by Gasteiger charge is 2.32. The number of halogens is 2. The highest BCUT2D eigenvalue weighted by atomic mass is 19.3. The zero-order chi connectivity index (χ0) is 10.1. The molecule has 0 amide bonds. The van der Waals surface area contributed by atoms with Crippen LogP contribution in [0.2, 0.25) is 0 Å². The summed E-state index contributed by atoms with van der Waals surface area (Å²) in [5.74, 6) is -4.22. The van der Waals surface area contributed by atoms with Crippen molar-refractivity contribution in [2.45, 2.75) is 5.92 Å².